The van der Waals surface area contributed by atoms with Crippen molar-refractivity contribution in [3.05, 3.63) is 94.5 Å². The summed E-state index contributed by atoms with van der Waals surface area (Å²) in [5, 5.41) is 4.65. The quantitative estimate of drug-likeness (QED) is 0.392. The van der Waals surface area contributed by atoms with E-state index in [0.717, 1.165) is 16.8 Å². The van der Waals surface area contributed by atoms with Gasteiger partial charge in [-0.1, -0.05) is 35.9 Å². The third kappa shape index (κ3) is 5.52. The minimum Gasteiger partial charge on any atom is -0.399 e. The van der Waals surface area contributed by atoms with Crippen LogP contribution in [0.4, 0.5) is 11.4 Å². The summed E-state index contributed by atoms with van der Waals surface area (Å²) in [6.45, 7) is 0. The van der Waals surface area contributed by atoms with Crippen molar-refractivity contribution in [3.63, 3.8) is 0 Å². The van der Waals surface area contributed by atoms with Crippen LogP contribution in [0.2, 0.25) is 5.02 Å². The Morgan fingerprint density at radius 2 is 1.44 bits per heavy atom. The summed E-state index contributed by atoms with van der Waals surface area (Å²) in [6.07, 6.45) is 3.35. The lowest BCUT2D eigenvalue weighted by molar-refractivity contribution is 0.0955. The minimum absolute atomic E-state index is 0.294. The molecule has 0 saturated carbocycles. The maximum Gasteiger partial charge on any atom is 0.271 e. The van der Waals surface area contributed by atoms with Crippen molar-refractivity contribution in [1.29, 1.82) is 0 Å². The van der Waals surface area contributed by atoms with Crippen LogP contribution in [0.3, 0.4) is 0 Å². The fourth-order valence-electron chi connectivity index (χ4n) is 2.21. The van der Waals surface area contributed by atoms with Crippen LogP contribution in [-0.4, -0.2) is 18.3 Å². The van der Waals surface area contributed by atoms with E-state index in [1.807, 2.05) is 36.4 Å². The van der Waals surface area contributed by atoms with Crippen molar-refractivity contribution in [3.8, 4) is 0 Å². The maximum atomic E-state index is 11.9. The minimum atomic E-state index is -0.294. The van der Waals surface area contributed by atoms with Gasteiger partial charge in [0.2, 0.25) is 0 Å². The second-order valence-corrected chi connectivity index (χ2v) is 6.16. The molecule has 0 aliphatic heterocycles. The average Bonchev–Trinajstić information content (AvgIpc) is 2.69. The Balaban J connectivity index is 1.56. The SMILES string of the molecule is Nc1ccc(C(=O)N/N=C/c2ccc(C=Nc3ccc(Cl)cc3)cc2)cc1. The van der Waals surface area contributed by atoms with Gasteiger partial charge in [0.1, 0.15) is 0 Å². The van der Waals surface area contributed by atoms with Gasteiger partial charge in [0.25, 0.3) is 5.91 Å². The van der Waals surface area contributed by atoms with Crippen LogP contribution in [0.25, 0.3) is 0 Å². The Kier molecular flexibility index (Phi) is 5.97. The largest absolute Gasteiger partial charge is 0.399 e. The number of anilines is 1. The monoisotopic (exact) mass is 376 g/mol. The topological polar surface area (TPSA) is 79.8 Å². The first-order chi connectivity index (χ1) is 13.1. The molecule has 0 saturated heterocycles. The summed E-state index contributed by atoms with van der Waals surface area (Å²) >= 11 is 5.85. The van der Waals surface area contributed by atoms with Gasteiger partial charge >= 0.3 is 0 Å². The summed E-state index contributed by atoms with van der Waals surface area (Å²) in [6, 6.07) is 21.6. The van der Waals surface area contributed by atoms with Crippen molar-refractivity contribution in [1.82, 2.24) is 5.43 Å². The molecular weight excluding hydrogens is 360 g/mol. The number of hydrogen-bond acceptors (Lipinski definition) is 4. The van der Waals surface area contributed by atoms with E-state index < -0.39 is 0 Å². The number of benzene rings is 3. The average molecular weight is 377 g/mol. The Morgan fingerprint density at radius 3 is 2.07 bits per heavy atom. The molecule has 0 aliphatic carbocycles. The van der Waals surface area contributed by atoms with Crippen LogP contribution in [-0.2, 0) is 0 Å². The summed E-state index contributed by atoms with van der Waals surface area (Å²) < 4.78 is 0. The van der Waals surface area contributed by atoms with Crippen molar-refractivity contribution >= 4 is 41.3 Å². The highest BCUT2D eigenvalue weighted by Crippen LogP contribution is 2.16. The smallest absolute Gasteiger partial charge is 0.271 e. The molecule has 0 atom stereocenters. The number of nitrogen functional groups attached to an aromatic ring is 1. The molecule has 0 bridgehead atoms. The lowest BCUT2D eigenvalue weighted by atomic mass is 10.1. The molecule has 3 aromatic rings. The summed E-state index contributed by atoms with van der Waals surface area (Å²) in [5.41, 5.74) is 11.8. The van der Waals surface area contributed by atoms with Crippen molar-refractivity contribution in [2.45, 2.75) is 0 Å². The lowest BCUT2D eigenvalue weighted by Crippen LogP contribution is -2.17. The van der Waals surface area contributed by atoms with E-state index in [9.17, 15) is 4.79 Å². The zero-order valence-electron chi connectivity index (χ0n) is 14.3. The molecule has 5 nitrogen and oxygen atoms in total. The molecule has 6 heteroatoms. The first kappa shape index (κ1) is 18.4. The van der Waals surface area contributed by atoms with E-state index in [-0.39, 0.29) is 5.91 Å². The van der Waals surface area contributed by atoms with Crippen molar-refractivity contribution in [2.24, 2.45) is 10.1 Å². The van der Waals surface area contributed by atoms with E-state index in [0.29, 0.717) is 16.3 Å². The fraction of sp³-hybridized carbons (Fsp3) is 0. The van der Waals surface area contributed by atoms with Crippen molar-refractivity contribution in [2.75, 3.05) is 5.73 Å². The van der Waals surface area contributed by atoms with E-state index in [1.165, 1.54) is 0 Å². The molecule has 1 amide bonds. The number of hydrazone groups is 1. The second kappa shape index (κ2) is 8.78. The van der Waals surface area contributed by atoms with E-state index in [2.05, 4.69) is 15.5 Å². The number of rotatable bonds is 5. The number of hydrogen-bond donors (Lipinski definition) is 2. The third-order valence-corrected chi connectivity index (χ3v) is 3.93. The number of amides is 1. The summed E-state index contributed by atoms with van der Waals surface area (Å²) in [4.78, 5) is 16.3. The van der Waals surface area contributed by atoms with Gasteiger partial charge in [-0.25, -0.2) is 5.43 Å². The van der Waals surface area contributed by atoms with Gasteiger partial charge in [0.15, 0.2) is 0 Å². The first-order valence-corrected chi connectivity index (χ1v) is 8.56. The number of nitrogens with zero attached hydrogens (tertiary/aromatic N) is 2. The molecule has 0 heterocycles. The van der Waals surface area contributed by atoms with Crippen molar-refractivity contribution < 1.29 is 4.79 Å². The highest BCUT2D eigenvalue weighted by molar-refractivity contribution is 6.30. The molecule has 134 valence electrons. The number of carbonyl (C=O) groups is 1. The molecular formula is C21H17ClN4O. The number of halogens is 1. The van der Waals surface area contributed by atoms with Crippen LogP contribution in [0, 0.1) is 0 Å². The molecule has 0 fully saturated rings. The van der Waals surface area contributed by atoms with Crippen LogP contribution < -0.4 is 11.2 Å². The van der Waals surface area contributed by atoms with Gasteiger partial charge in [0.05, 0.1) is 11.9 Å². The van der Waals surface area contributed by atoms with Gasteiger partial charge in [0, 0.05) is 22.5 Å². The number of aliphatic imine (C=N–C) groups is 1. The molecule has 3 N–H and O–H groups in total. The van der Waals surface area contributed by atoms with Crippen LogP contribution >= 0.6 is 11.6 Å². The first-order valence-electron chi connectivity index (χ1n) is 8.19. The maximum absolute atomic E-state index is 11.9. The number of carbonyl (C=O) groups excluding carboxylic acids is 1. The number of nitrogens with two attached hydrogens (primary N) is 1. The third-order valence-electron chi connectivity index (χ3n) is 3.68. The molecule has 0 spiro atoms. The van der Waals surface area contributed by atoms with Crippen LogP contribution in [0.1, 0.15) is 21.5 Å². The normalized spacial score (nSPS) is 11.1. The van der Waals surface area contributed by atoms with Gasteiger partial charge in [-0.3, -0.25) is 9.79 Å². The molecule has 0 unspecified atom stereocenters. The summed E-state index contributed by atoms with van der Waals surface area (Å²) in [7, 11) is 0. The van der Waals surface area contributed by atoms with Crippen LogP contribution in [0.15, 0.2) is 82.9 Å². The molecule has 0 radical (unpaired) electrons. The zero-order valence-corrected chi connectivity index (χ0v) is 15.1. The highest BCUT2D eigenvalue weighted by Gasteiger charge is 2.02. The molecule has 3 rings (SSSR count). The van der Waals surface area contributed by atoms with Gasteiger partial charge < -0.3 is 5.73 Å². The predicted octanol–water partition coefficient (Wildman–Crippen LogP) is 4.44. The molecule has 3 aromatic carbocycles. The molecule has 27 heavy (non-hydrogen) atoms. The number of nitrogens with one attached hydrogen (secondary N) is 1. The predicted molar refractivity (Wildman–Crippen MR) is 111 cm³/mol. The van der Waals surface area contributed by atoms with Gasteiger partial charge in [-0.15, -0.1) is 0 Å². The Bertz CT molecular complexity index is 963. The Labute approximate surface area is 162 Å². The second-order valence-electron chi connectivity index (χ2n) is 5.72. The van der Waals surface area contributed by atoms with E-state index in [1.54, 1.807) is 48.8 Å². The molecule has 0 aliphatic rings. The van der Waals surface area contributed by atoms with E-state index >= 15 is 0 Å². The van der Waals surface area contributed by atoms with Gasteiger partial charge in [-0.05, 0) is 59.7 Å². The summed E-state index contributed by atoms with van der Waals surface area (Å²) in [5.74, 6) is -0.294. The fourth-order valence-corrected chi connectivity index (χ4v) is 2.33. The lowest BCUT2D eigenvalue weighted by Gasteiger charge is -2.00. The van der Waals surface area contributed by atoms with Crippen LogP contribution in [0.5, 0.6) is 0 Å². The highest BCUT2D eigenvalue weighted by atomic mass is 35.5. The molecule has 0 aromatic heterocycles. The Morgan fingerprint density at radius 1 is 0.852 bits per heavy atom. The van der Waals surface area contributed by atoms with E-state index in [4.69, 9.17) is 17.3 Å². The standard InChI is InChI=1S/C21H17ClN4O/c22-18-7-11-20(12-8-18)24-13-15-1-3-16(4-2-15)14-25-26-21(27)17-5-9-19(23)10-6-17/h1-14H,23H2,(H,26,27)/b24-13?,25-14+. The Hall–Kier alpha value is -3.44. The zero-order chi connectivity index (χ0) is 19.1. The van der Waals surface area contributed by atoms with Gasteiger partial charge in [-0.2, -0.15) is 5.10 Å².